The van der Waals surface area contributed by atoms with Crippen molar-refractivity contribution in [2.75, 3.05) is 36.1 Å². The summed E-state index contributed by atoms with van der Waals surface area (Å²) in [6.07, 6.45) is -2.72. The number of urea groups is 2. The highest BCUT2D eigenvalue weighted by Gasteiger charge is 2.31. The maximum atomic E-state index is 14.9. The van der Waals surface area contributed by atoms with E-state index in [1.165, 1.54) is 12.1 Å². The molecule has 91 heavy (non-hydrogen) atoms. The average Bonchev–Trinajstić information content (AvgIpc) is 0.836. The summed E-state index contributed by atoms with van der Waals surface area (Å²) in [7, 11) is 0. The molecule has 4 aromatic carbocycles. The molecule has 2 aromatic heterocycles. The molecule has 7 amide bonds. The maximum absolute atomic E-state index is 14.9. The third-order valence-electron chi connectivity index (χ3n) is 12.1. The molecule has 0 aliphatic heterocycles. The molecule has 0 aliphatic carbocycles. The molecule has 492 valence electrons. The van der Waals surface area contributed by atoms with Crippen molar-refractivity contribution in [3.63, 3.8) is 0 Å². The second kappa shape index (κ2) is 34.0. The second-order valence-corrected chi connectivity index (χ2v) is 20.6. The van der Waals surface area contributed by atoms with Gasteiger partial charge in [0.1, 0.15) is 114 Å². The van der Waals surface area contributed by atoms with Crippen LogP contribution in [0.3, 0.4) is 0 Å². The lowest BCUT2D eigenvalue weighted by molar-refractivity contribution is -0.147. The van der Waals surface area contributed by atoms with E-state index in [4.69, 9.17) is 40.9 Å². The van der Waals surface area contributed by atoms with Gasteiger partial charge in [0, 0.05) is 34.4 Å². The van der Waals surface area contributed by atoms with Gasteiger partial charge >= 0.3 is 42.3 Å². The number of hydrogen-bond donors (Lipinski definition) is 6. The fraction of sp³-hybridized carbons (Fsp3) is 0.328. The van der Waals surface area contributed by atoms with Gasteiger partial charge in [-0.25, -0.2) is 83.7 Å². The molecular weight excluding hydrogens is 1220 g/mol. The molecule has 6 aromatic rings. The van der Waals surface area contributed by atoms with Gasteiger partial charge in [0.2, 0.25) is 0 Å². The standard InChI is InChI=1S/C32H35F4N5O7.C27H27F4N5O5.2CH4/c1-17(2)25(40-31(45)48-32(3,4)5)28(42)46-14-13-38-30(44)47-16-18-9-12-24(39-26(18)20-11-10-19(33)15-23(20)36)41(29(37)43)27-21(34)7-6-8-22(27)35;1-14(2)22(32)25(37)40-11-10-34-27(39)41-13-15-6-9-21(35-23(15)17-8-7-16(28)12-20(17)31)36(26(33)38)24-18(29)4-3-5-19(24)30;;/h6-12,15,17,25H,13-14,16H2,1-5H3,(H2,37,43)(H,38,44)(H,40,45);3-9,12,14,22H,10-11,13,32H2,1-2H3,(H2,33,38)(H,34,39);2*1H4/t25-;22-;;/m00../s1. The number of nitrogens with one attached hydrogen (secondary N) is 3. The highest BCUT2D eigenvalue weighted by atomic mass is 19.2. The van der Waals surface area contributed by atoms with Crippen LogP contribution in [0.2, 0.25) is 0 Å². The first-order valence-corrected chi connectivity index (χ1v) is 26.8. The number of para-hydroxylation sites is 2. The molecule has 0 saturated heterocycles. The number of nitrogens with zero attached hydrogens (tertiary/aromatic N) is 4. The molecule has 2 heterocycles. The van der Waals surface area contributed by atoms with Crippen LogP contribution in [0.5, 0.6) is 0 Å². The lowest BCUT2D eigenvalue weighted by atomic mass is 10.1. The Kier molecular flexibility index (Phi) is 28.1. The number of amides is 7. The Morgan fingerprint density at radius 2 is 0.901 bits per heavy atom. The number of benzene rings is 4. The third-order valence-corrected chi connectivity index (χ3v) is 12.1. The molecule has 2 atom stereocenters. The van der Waals surface area contributed by atoms with Crippen molar-refractivity contribution in [1.29, 1.82) is 0 Å². The molecule has 0 spiro atoms. The zero-order valence-corrected chi connectivity index (χ0v) is 48.7. The first-order valence-electron chi connectivity index (χ1n) is 26.8. The molecule has 0 fully saturated rings. The minimum absolute atomic E-state index is 0. The number of primary amides is 2. The minimum Gasteiger partial charge on any atom is -0.463 e. The van der Waals surface area contributed by atoms with Crippen molar-refractivity contribution in [2.45, 2.75) is 94.2 Å². The van der Waals surface area contributed by atoms with Crippen LogP contribution in [0.15, 0.2) is 97.1 Å². The Bertz CT molecular complexity index is 3520. The SMILES string of the molecule is C.C.CC(C)[C@H](N)C(=O)OCCNC(=O)OCc1ccc(N(C(N)=O)c2c(F)cccc2F)nc1-c1ccc(F)cc1F.CC(C)[C@H](NC(=O)OC(C)(C)C)C(=O)OCCNC(=O)OCc1ccc(N(C(N)=O)c2c(F)cccc2F)nc1-c1ccc(F)cc1F. The normalized spacial score (nSPS) is 11.5. The number of alkyl carbamates (subject to hydrolysis) is 3. The summed E-state index contributed by atoms with van der Waals surface area (Å²) in [4.78, 5) is 94.8. The summed E-state index contributed by atoms with van der Waals surface area (Å²) >= 11 is 0. The predicted molar refractivity (Wildman–Crippen MR) is 318 cm³/mol. The fourth-order valence-electron chi connectivity index (χ4n) is 7.74. The maximum Gasteiger partial charge on any atom is 0.408 e. The van der Waals surface area contributed by atoms with Gasteiger partial charge < -0.3 is 56.8 Å². The smallest absolute Gasteiger partial charge is 0.408 e. The van der Waals surface area contributed by atoms with Gasteiger partial charge in [-0.15, -0.1) is 0 Å². The number of esters is 2. The summed E-state index contributed by atoms with van der Waals surface area (Å²) in [6.45, 7) is 10.1. The zero-order valence-electron chi connectivity index (χ0n) is 48.7. The highest BCUT2D eigenvalue weighted by molar-refractivity contribution is 5.99. The van der Waals surface area contributed by atoms with Gasteiger partial charge in [0.05, 0.1) is 24.5 Å². The van der Waals surface area contributed by atoms with Gasteiger partial charge in [-0.3, -0.25) is 4.79 Å². The summed E-state index contributed by atoms with van der Waals surface area (Å²) in [5.74, 6) is -11.1. The molecule has 6 rings (SSSR count). The van der Waals surface area contributed by atoms with Crippen molar-refractivity contribution in [2.24, 2.45) is 29.0 Å². The van der Waals surface area contributed by atoms with Gasteiger partial charge in [-0.1, -0.05) is 54.7 Å². The Morgan fingerprint density at radius 3 is 1.24 bits per heavy atom. The van der Waals surface area contributed by atoms with Gasteiger partial charge in [-0.2, -0.15) is 0 Å². The van der Waals surface area contributed by atoms with Crippen LogP contribution in [0.1, 0.15) is 74.4 Å². The summed E-state index contributed by atoms with van der Waals surface area (Å²) in [6, 6.07) is 11.2. The van der Waals surface area contributed by atoms with Crippen LogP contribution >= 0.6 is 0 Å². The van der Waals surface area contributed by atoms with Crippen molar-refractivity contribution in [3.8, 4) is 22.5 Å². The van der Waals surface area contributed by atoms with E-state index in [1.807, 2.05) is 0 Å². The lowest BCUT2D eigenvalue weighted by Crippen LogP contribution is -2.47. The molecule has 0 saturated carbocycles. The van der Waals surface area contributed by atoms with Crippen LogP contribution in [-0.2, 0) is 46.5 Å². The average molecular weight is 1290 g/mol. The van der Waals surface area contributed by atoms with Crippen LogP contribution in [-0.4, -0.2) is 96.2 Å². The summed E-state index contributed by atoms with van der Waals surface area (Å²) in [5.41, 5.74) is 13.2. The van der Waals surface area contributed by atoms with Crippen LogP contribution < -0.4 is 43.0 Å². The van der Waals surface area contributed by atoms with E-state index < -0.39 is 143 Å². The molecule has 0 aliphatic rings. The number of carbonyl (C=O) groups excluding carboxylic acids is 7. The monoisotopic (exact) mass is 1290 g/mol. The third kappa shape index (κ3) is 21.3. The Labute approximate surface area is 518 Å². The van der Waals surface area contributed by atoms with Crippen molar-refractivity contribution in [1.82, 2.24) is 25.9 Å². The van der Waals surface area contributed by atoms with Gasteiger partial charge in [-0.05, 0) is 105 Å². The summed E-state index contributed by atoms with van der Waals surface area (Å²) < 4.78 is 141. The Balaban J connectivity index is 0.000000470. The van der Waals surface area contributed by atoms with Crippen LogP contribution in [0, 0.1) is 58.4 Å². The number of anilines is 4. The van der Waals surface area contributed by atoms with Crippen LogP contribution in [0.4, 0.5) is 82.1 Å². The Morgan fingerprint density at radius 1 is 0.516 bits per heavy atom. The number of carbonyl (C=O) groups is 7. The zero-order chi connectivity index (χ0) is 66.0. The van der Waals surface area contributed by atoms with Crippen LogP contribution in [0.25, 0.3) is 22.5 Å². The second-order valence-electron chi connectivity index (χ2n) is 20.6. The fourth-order valence-corrected chi connectivity index (χ4v) is 7.74. The van der Waals surface area contributed by atoms with E-state index in [9.17, 15) is 68.7 Å². The number of halogens is 8. The number of aromatic nitrogens is 2. The first-order chi connectivity index (χ1) is 41.9. The van der Waals surface area contributed by atoms with E-state index in [0.29, 0.717) is 21.9 Å². The molecule has 9 N–H and O–H groups in total. The lowest BCUT2D eigenvalue weighted by Gasteiger charge is -2.24. The number of rotatable bonds is 21. The van der Waals surface area contributed by atoms with Crippen molar-refractivity contribution < 1.29 is 92.4 Å². The van der Waals surface area contributed by atoms with E-state index in [1.54, 1.807) is 48.5 Å². The number of hydrogen-bond acceptors (Lipinski definition) is 15. The largest absolute Gasteiger partial charge is 0.463 e. The quantitative estimate of drug-likeness (QED) is 0.0169. The van der Waals surface area contributed by atoms with E-state index in [-0.39, 0.29) is 86.6 Å². The van der Waals surface area contributed by atoms with Gasteiger partial charge in [0.25, 0.3) is 0 Å². The first kappa shape index (κ1) is 75.1. The molecule has 0 unspecified atom stereocenters. The van der Waals surface area contributed by atoms with Crippen molar-refractivity contribution in [3.05, 3.63) is 155 Å². The summed E-state index contributed by atoms with van der Waals surface area (Å²) in [5, 5.41) is 7.17. The van der Waals surface area contributed by atoms with E-state index in [2.05, 4.69) is 25.9 Å². The molecule has 30 heteroatoms. The molecular formula is C61H70F8N10O12. The predicted octanol–water partition coefficient (Wildman–Crippen LogP) is 11.4. The molecule has 0 radical (unpaired) electrons. The number of ether oxygens (including phenoxy) is 5. The van der Waals surface area contributed by atoms with E-state index >= 15 is 0 Å². The van der Waals surface area contributed by atoms with E-state index in [0.717, 1.165) is 72.8 Å². The van der Waals surface area contributed by atoms with Gasteiger partial charge in [0.15, 0.2) is 0 Å². The molecule has 0 bridgehead atoms. The minimum atomic E-state index is -1.32. The Hall–Kier alpha value is -10.1. The number of nitrogens with two attached hydrogens (primary N) is 3. The highest BCUT2D eigenvalue weighted by Crippen LogP contribution is 2.36. The topological polar surface area (TPSA) is 312 Å². The molecule has 22 nitrogen and oxygen atoms in total. The van der Waals surface area contributed by atoms with Crippen molar-refractivity contribution >= 4 is 65.3 Å². The number of pyridine rings is 2.